The van der Waals surface area contributed by atoms with Gasteiger partial charge < -0.3 is 5.73 Å². The Hall–Kier alpha value is -1.03. The van der Waals surface area contributed by atoms with Crippen LogP contribution in [0.25, 0.3) is 0 Å². The van der Waals surface area contributed by atoms with Gasteiger partial charge in [-0.05, 0) is 35.9 Å². The van der Waals surface area contributed by atoms with E-state index >= 15 is 0 Å². The molecule has 2 aromatic rings. The van der Waals surface area contributed by atoms with E-state index in [-0.39, 0.29) is 0 Å². The largest absolute Gasteiger partial charge is 0.322 e. The summed E-state index contributed by atoms with van der Waals surface area (Å²) in [5.41, 5.74) is 6.60. The van der Waals surface area contributed by atoms with Gasteiger partial charge in [0.05, 0.1) is 6.04 Å². The summed E-state index contributed by atoms with van der Waals surface area (Å²) in [6, 6.07) is 14.6. The maximum Gasteiger partial charge on any atom is 0.109 e. The van der Waals surface area contributed by atoms with E-state index in [0.29, 0.717) is 5.02 Å². The number of halogens is 2. The third-order valence-corrected chi connectivity index (χ3v) is 3.88. The van der Waals surface area contributed by atoms with Gasteiger partial charge in [-0.15, -0.1) is 0 Å². The molecule has 0 heterocycles. The maximum absolute atomic E-state index is 12.7. The summed E-state index contributed by atoms with van der Waals surface area (Å²) in [5.74, 6) is 0. The quantitative estimate of drug-likeness (QED) is 0.895. The van der Waals surface area contributed by atoms with Crippen molar-refractivity contribution in [2.75, 3.05) is 6.67 Å². The van der Waals surface area contributed by atoms with E-state index in [1.807, 2.05) is 48.5 Å². The van der Waals surface area contributed by atoms with Crippen LogP contribution in [-0.2, 0) is 0 Å². The first-order valence-electron chi connectivity index (χ1n) is 5.54. The molecular formula is C14H13ClFNS. The van der Waals surface area contributed by atoms with E-state index in [1.165, 1.54) is 0 Å². The van der Waals surface area contributed by atoms with Crippen LogP contribution in [0.4, 0.5) is 4.39 Å². The highest BCUT2D eigenvalue weighted by Gasteiger charge is 2.11. The Morgan fingerprint density at radius 1 is 1.11 bits per heavy atom. The lowest BCUT2D eigenvalue weighted by molar-refractivity contribution is 0.434. The number of benzene rings is 2. The van der Waals surface area contributed by atoms with Crippen LogP contribution in [-0.4, -0.2) is 6.67 Å². The zero-order valence-electron chi connectivity index (χ0n) is 9.64. The smallest absolute Gasteiger partial charge is 0.109 e. The molecule has 4 heteroatoms. The molecule has 1 atom stereocenters. The van der Waals surface area contributed by atoms with Crippen LogP contribution in [0.2, 0.25) is 5.02 Å². The Kier molecular flexibility index (Phi) is 4.64. The Morgan fingerprint density at radius 2 is 1.78 bits per heavy atom. The summed E-state index contributed by atoms with van der Waals surface area (Å²) in [7, 11) is 0. The summed E-state index contributed by atoms with van der Waals surface area (Å²) in [6.45, 7) is -0.557. The lowest BCUT2D eigenvalue weighted by Crippen LogP contribution is -2.12. The molecule has 0 saturated heterocycles. The highest BCUT2D eigenvalue weighted by atomic mass is 35.5. The van der Waals surface area contributed by atoms with Crippen LogP contribution in [0.15, 0.2) is 58.3 Å². The minimum Gasteiger partial charge on any atom is -0.322 e. The van der Waals surface area contributed by atoms with Crippen molar-refractivity contribution < 1.29 is 4.39 Å². The van der Waals surface area contributed by atoms with Gasteiger partial charge in [-0.25, -0.2) is 4.39 Å². The molecule has 2 rings (SSSR count). The second kappa shape index (κ2) is 6.23. The molecule has 0 aromatic heterocycles. The Bertz CT molecular complexity index is 515. The number of alkyl halides is 1. The van der Waals surface area contributed by atoms with Crippen molar-refractivity contribution in [2.24, 2.45) is 5.73 Å². The molecule has 0 unspecified atom stereocenters. The summed E-state index contributed by atoms with van der Waals surface area (Å²) in [4.78, 5) is 2.03. The normalized spacial score (nSPS) is 12.4. The maximum atomic E-state index is 12.7. The zero-order valence-corrected chi connectivity index (χ0v) is 11.2. The Labute approximate surface area is 115 Å². The van der Waals surface area contributed by atoms with E-state index in [0.717, 1.165) is 15.4 Å². The zero-order chi connectivity index (χ0) is 13.0. The molecule has 0 bridgehead atoms. The molecule has 0 aliphatic rings. The van der Waals surface area contributed by atoms with Crippen LogP contribution in [0.3, 0.4) is 0 Å². The fraction of sp³-hybridized carbons (Fsp3) is 0.143. The molecule has 1 nitrogen and oxygen atoms in total. The molecule has 0 amide bonds. The second-order valence-electron chi connectivity index (χ2n) is 3.85. The first kappa shape index (κ1) is 13.4. The predicted octanol–water partition coefficient (Wildman–Crippen LogP) is 4.46. The average Bonchev–Trinajstić information content (AvgIpc) is 2.41. The number of hydrogen-bond donors (Lipinski definition) is 1. The van der Waals surface area contributed by atoms with E-state index in [1.54, 1.807) is 11.8 Å². The summed E-state index contributed by atoms with van der Waals surface area (Å²) in [5, 5.41) is 0.702. The SMILES string of the molecule is N[C@@H](CF)c1ccccc1Sc1ccc(Cl)cc1. The van der Waals surface area contributed by atoms with Gasteiger partial charge in [-0.1, -0.05) is 41.6 Å². The predicted molar refractivity (Wildman–Crippen MR) is 74.9 cm³/mol. The summed E-state index contributed by atoms with van der Waals surface area (Å²) < 4.78 is 12.7. The number of rotatable bonds is 4. The van der Waals surface area contributed by atoms with Gasteiger partial charge in [0.15, 0.2) is 0 Å². The third-order valence-electron chi connectivity index (χ3n) is 2.53. The van der Waals surface area contributed by atoms with Gasteiger partial charge >= 0.3 is 0 Å². The topological polar surface area (TPSA) is 26.0 Å². The molecule has 2 N–H and O–H groups in total. The standard InChI is InChI=1S/C14H13ClFNS/c15-10-5-7-11(8-6-10)18-14-4-2-1-3-12(14)13(17)9-16/h1-8,13H,9,17H2/t13-/m0/s1. The molecule has 94 valence electrons. The van der Waals surface area contributed by atoms with Crippen molar-refractivity contribution in [3.8, 4) is 0 Å². The van der Waals surface area contributed by atoms with E-state index in [4.69, 9.17) is 17.3 Å². The molecule has 0 fully saturated rings. The van der Waals surface area contributed by atoms with Gasteiger partial charge in [0.1, 0.15) is 6.67 Å². The molecule has 0 aliphatic heterocycles. The van der Waals surface area contributed by atoms with Crippen molar-refractivity contribution in [3.05, 3.63) is 59.1 Å². The van der Waals surface area contributed by atoms with Crippen molar-refractivity contribution in [1.82, 2.24) is 0 Å². The van der Waals surface area contributed by atoms with E-state index in [2.05, 4.69) is 0 Å². The molecule has 0 spiro atoms. The highest BCUT2D eigenvalue weighted by Crippen LogP contribution is 2.33. The third kappa shape index (κ3) is 3.25. The lowest BCUT2D eigenvalue weighted by atomic mass is 10.1. The van der Waals surface area contributed by atoms with Crippen molar-refractivity contribution >= 4 is 23.4 Å². The number of hydrogen-bond acceptors (Lipinski definition) is 2. The van der Waals surface area contributed by atoms with Gasteiger partial charge in [0.25, 0.3) is 0 Å². The molecular weight excluding hydrogens is 269 g/mol. The monoisotopic (exact) mass is 281 g/mol. The van der Waals surface area contributed by atoms with Crippen LogP contribution in [0, 0.1) is 0 Å². The first-order valence-corrected chi connectivity index (χ1v) is 6.74. The minimum absolute atomic E-state index is 0.557. The fourth-order valence-electron chi connectivity index (χ4n) is 1.59. The van der Waals surface area contributed by atoms with Gasteiger partial charge in [-0.2, -0.15) is 0 Å². The van der Waals surface area contributed by atoms with Crippen molar-refractivity contribution in [3.63, 3.8) is 0 Å². The second-order valence-corrected chi connectivity index (χ2v) is 5.41. The average molecular weight is 282 g/mol. The van der Waals surface area contributed by atoms with Crippen LogP contribution >= 0.6 is 23.4 Å². The van der Waals surface area contributed by atoms with Gasteiger partial charge in [0.2, 0.25) is 0 Å². The highest BCUT2D eigenvalue weighted by molar-refractivity contribution is 7.99. The summed E-state index contributed by atoms with van der Waals surface area (Å²) >= 11 is 7.40. The van der Waals surface area contributed by atoms with Crippen LogP contribution < -0.4 is 5.73 Å². The number of nitrogens with two attached hydrogens (primary N) is 1. The van der Waals surface area contributed by atoms with Gasteiger partial charge in [-0.3, -0.25) is 0 Å². The Morgan fingerprint density at radius 3 is 2.44 bits per heavy atom. The first-order chi connectivity index (χ1) is 8.70. The molecule has 18 heavy (non-hydrogen) atoms. The summed E-state index contributed by atoms with van der Waals surface area (Å²) in [6.07, 6.45) is 0. The molecule has 0 aliphatic carbocycles. The Balaban J connectivity index is 2.26. The minimum atomic E-state index is -0.569. The molecule has 2 aromatic carbocycles. The molecule has 0 radical (unpaired) electrons. The van der Waals surface area contributed by atoms with Crippen molar-refractivity contribution in [1.29, 1.82) is 0 Å². The lowest BCUT2D eigenvalue weighted by Gasteiger charge is -2.13. The van der Waals surface area contributed by atoms with Crippen LogP contribution in [0.1, 0.15) is 11.6 Å². The molecule has 0 saturated carbocycles. The van der Waals surface area contributed by atoms with Crippen LogP contribution in [0.5, 0.6) is 0 Å². The van der Waals surface area contributed by atoms with E-state index < -0.39 is 12.7 Å². The van der Waals surface area contributed by atoms with Gasteiger partial charge in [0, 0.05) is 14.8 Å². The van der Waals surface area contributed by atoms with E-state index in [9.17, 15) is 4.39 Å². The van der Waals surface area contributed by atoms with Crippen molar-refractivity contribution in [2.45, 2.75) is 15.8 Å². The fourth-order valence-corrected chi connectivity index (χ4v) is 2.73.